The lowest BCUT2D eigenvalue weighted by molar-refractivity contribution is 0.0992. The van der Waals surface area contributed by atoms with Crippen LogP contribution in [0.3, 0.4) is 0 Å². The van der Waals surface area contributed by atoms with E-state index in [2.05, 4.69) is 4.98 Å². The predicted molar refractivity (Wildman–Crippen MR) is 115 cm³/mol. The van der Waals surface area contributed by atoms with Crippen LogP contribution < -0.4 is 10.5 Å². The number of rotatable bonds is 5. The minimum atomic E-state index is -0.661. The molecule has 2 aromatic carbocycles. The fraction of sp³-hybridized carbons (Fsp3) is 0.0870. The van der Waals surface area contributed by atoms with E-state index in [1.807, 2.05) is 60.7 Å². The number of ether oxygens (including phenoxy) is 1. The van der Waals surface area contributed by atoms with Crippen molar-refractivity contribution in [2.24, 2.45) is 5.73 Å². The number of methoxy groups -OCH3 is 1. The summed E-state index contributed by atoms with van der Waals surface area (Å²) in [5.74, 6) is 0.0530. The fourth-order valence-electron chi connectivity index (χ4n) is 3.29. The summed E-state index contributed by atoms with van der Waals surface area (Å²) in [6, 6.07) is 19.9. The van der Waals surface area contributed by atoms with Gasteiger partial charge in [0, 0.05) is 28.6 Å². The molecule has 4 aromatic rings. The van der Waals surface area contributed by atoms with Gasteiger partial charge in [-0.3, -0.25) is 4.79 Å². The Bertz CT molecular complexity index is 1190. The first kappa shape index (κ1) is 18.9. The number of alkyl halides is 1. The minimum absolute atomic E-state index is 0.0587. The van der Waals surface area contributed by atoms with Crippen molar-refractivity contribution < 1.29 is 9.53 Å². The van der Waals surface area contributed by atoms with Gasteiger partial charge in [0.25, 0.3) is 5.91 Å². The van der Waals surface area contributed by atoms with Crippen molar-refractivity contribution >= 4 is 28.4 Å². The average molecular weight is 404 g/mol. The molecule has 0 fully saturated rings. The maximum atomic E-state index is 11.8. The zero-order valence-corrected chi connectivity index (χ0v) is 16.5. The van der Waals surface area contributed by atoms with E-state index in [9.17, 15) is 4.79 Å². The van der Waals surface area contributed by atoms with Gasteiger partial charge in [0.1, 0.15) is 5.52 Å². The molecule has 0 atom stereocenters. The van der Waals surface area contributed by atoms with E-state index in [-0.39, 0.29) is 11.4 Å². The molecule has 2 N–H and O–H groups in total. The van der Waals surface area contributed by atoms with E-state index in [0.717, 1.165) is 33.3 Å². The van der Waals surface area contributed by atoms with Crippen LogP contribution in [0.2, 0.25) is 0 Å². The molecule has 2 aromatic heterocycles. The standard InChI is InChI=1S/C23H18ClN3O2/c1-29-22-20-17(13-26-21(22)23(25)28)11-18(15-5-3-2-4-6-15)19(27-20)16-9-7-14(12-24)8-10-16/h2-11,13H,12H2,1H3,(H2,25,28). The van der Waals surface area contributed by atoms with Crippen LogP contribution in [0.15, 0.2) is 66.9 Å². The molecule has 2 heterocycles. The molecular weight excluding hydrogens is 386 g/mol. The lowest BCUT2D eigenvalue weighted by Gasteiger charge is -2.14. The number of aromatic nitrogens is 2. The van der Waals surface area contributed by atoms with Crippen molar-refractivity contribution in [2.75, 3.05) is 7.11 Å². The lowest BCUT2D eigenvalue weighted by atomic mass is 9.97. The molecule has 0 bridgehead atoms. The van der Waals surface area contributed by atoms with Crippen LogP contribution in [0, 0.1) is 0 Å². The second kappa shape index (κ2) is 7.89. The maximum absolute atomic E-state index is 11.8. The predicted octanol–water partition coefficient (Wildman–Crippen LogP) is 4.81. The summed E-state index contributed by atoms with van der Waals surface area (Å²) in [5, 5.41) is 0.756. The van der Waals surface area contributed by atoms with Gasteiger partial charge in [-0.2, -0.15) is 0 Å². The smallest absolute Gasteiger partial charge is 0.271 e. The molecule has 0 aliphatic carbocycles. The molecule has 1 amide bonds. The van der Waals surface area contributed by atoms with Gasteiger partial charge in [-0.1, -0.05) is 54.6 Å². The normalized spacial score (nSPS) is 10.8. The van der Waals surface area contributed by atoms with Gasteiger partial charge in [-0.15, -0.1) is 11.6 Å². The first-order valence-electron chi connectivity index (χ1n) is 9.00. The Labute approximate surface area is 173 Å². The number of benzene rings is 2. The molecule has 0 saturated carbocycles. The third-order valence-corrected chi connectivity index (χ3v) is 5.03. The van der Waals surface area contributed by atoms with E-state index in [1.54, 1.807) is 6.20 Å². The number of fused-ring (bicyclic) bond motifs is 1. The number of carbonyl (C=O) groups excluding carboxylic acids is 1. The van der Waals surface area contributed by atoms with Crippen LogP contribution in [0.5, 0.6) is 5.75 Å². The molecule has 0 radical (unpaired) electrons. The molecule has 29 heavy (non-hydrogen) atoms. The van der Waals surface area contributed by atoms with Gasteiger partial charge in [-0.05, 0) is 17.2 Å². The van der Waals surface area contributed by atoms with Gasteiger partial charge < -0.3 is 10.5 Å². The summed E-state index contributed by atoms with van der Waals surface area (Å²) in [4.78, 5) is 20.8. The highest BCUT2D eigenvalue weighted by molar-refractivity contribution is 6.17. The van der Waals surface area contributed by atoms with Crippen LogP contribution >= 0.6 is 11.6 Å². The van der Waals surface area contributed by atoms with E-state index >= 15 is 0 Å². The molecule has 4 rings (SSSR count). The van der Waals surface area contributed by atoms with E-state index < -0.39 is 5.91 Å². The summed E-state index contributed by atoms with van der Waals surface area (Å²) in [6.07, 6.45) is 1.60. The molecule has 0 aliphatic rings. The Morgan fingerprint density at radius 3 is 2.41 bits per heavy atom. The molecule has 0 saturated heterocycles. The first-order valence-corrected chi connectivity index (χ1v) is 9.54. The number of hydrogen-bond donors (Lipinski definition) is 1. The topological polar surface area (TPSA) is 78.1 Å². The number of amides is 1. The van der Waals surface area contributed by atoms with Crippen LogP contribution in [0.25, 0.3) is 33.3 Å². The first-order chi connectivity index (χ1) is 14.1. The van der Waals surface area contributed by atoms with Crippen molar-refractivity contribution in [1.29, 1.82) is 0 Å². The van der Waals surface area contributed by atoms with Gasteiger partial charge in [0.15, 0.2) is 11.4 Å². The van der Waals surface area contributed by atoms with E-state index in [4.69, 9.17) is 27.1 Å². The average Bonchev–Trinajstić information content (AvgIpc) is 2.77. The Morgan fingerprint density at radius 2 is 1.79 bits per heavy atom. The van der Waals surface area contributed by atoms with Crippen LogP contribution in [-0.2, 0) is 5.88 Å². The van der Waals surface area contributed by atoms with Crippen molar-refractivity contribution in [3.8, 4) is 28.1 Å². The van der Waals surface area contributed by atoms with Crippen LogP contribution in [-0.4, -0.2) is 23.0 Å². The number of hydrogen-bond acceptors (Lipinski definition) is 4. The Kier molecular flexibility index (Phi) is 5.14. The molecule has 0 spiro atoms. The molecule has 6 heteroatoms. The second-order valence-electron chi connectivity index (χ2n) is 6.52. The lowest BCUT2D eigenvalue weighted by Crippen LogP contribution is -2.15. The van der Waals surface area contributed by atoms with Crippen molar-refractivity contribution in [1.82, 2.24) is 9.97 Å². The largest absolute Gasteiger partial charge is 0.492 e. The van der Waals surface area contributed by atoms with E-state index in [0.29, 0.717) is 11.4 Å². The third kappa shape index (κ3) is 3.52. The van der Waals surface area contributed by atoms with Crippen LogP contribution in [0.4, 0.5) is 0 Å². The highest BCUT2D eigenvalue weighted by Gasteiger charge is 2.19. The molecule has 5 nitrogen and oxygen atoms in total. The van der Waals surface area contributed by atoms with Gasteiger partial charge in [0.05, 0.1) is 12.8 Å². The second-order valence-corrected chi connectivity index (χ2v) is 6.79. The minimum Gasteiger partial charge on any atom is -0.492 e. The number of carbonyl (C=O) groups is 1. The number of pyridine rings is 2. The maximum Gasteiger partial charge on any atom is 0.271 e. The zero-order chi connectivity index (χ0) is 20.4. The summed E-state index contributed by atoms with van der Waals surface area (Å²) in [6.45, 7) is 0. The Morgan fingerprint density at radius 1 is 1.07 bits per heavy atom. The van der Waals surface area contributed by atoms with Crippen molar-refractivity contribution in [2.45, 2.75) is 5.88 Å². The fourth-order valence-corrected chi connectivity index (χ4v) is 3.47. The van der Waals surface area contributed by atoms with Crippen LogP contribution in [0.1, 0.15) is 16.1 Å². The highest BCUT2D eigenvalue weighted by atomic mass is 35.5. The van der Waals surface area contributed by atoms with Crippen molar-refractivity contribution in [3.05, 3.63) is 78.1 Å². The zero-order valence-electron chi connectivity index (χ0n) is 15.7. The van der Waals surface area contributed by atoms with Gasteiger partial charge >= 0.3 is 0 Å². The summed E-state index contributed by atoms with van der Waals surface area (Å²) >= 11 is 5.93. The SMILES string of the molecule is COc1c(C(N)=O)ncc2cc(-c3ccccc3)c(-c3ccc(CCl)cc3)nc12. The summed E-state index contributed by atoms with van der Waals surface area (Å²) in [5.41, 5.74) is 10.8. The Hall–Kier alpha value is -3.44. The summed E-state index contributed by atoms with van der Waals surface area (Å²) < 4.78 is 5.45. The quantitative estimate of drug-likeness (QED) is 0.485. The van der Waals surface area contributed by atoms with Crippen molar-refractivity contribution in [3.63, 3.8) is 0 Å². The summed E-state index contributed by atoms with van der Waals surface area (Å²) in [7, 11) is 1.48. The third-order valence-electron chi connectivity index (χ3n) is 4.72. The van der Waals surface area contributed by atoms with Gasteiger partial charge in [0.2, 0.25) is 0 Å². The molecular formula is C23H18ClN3O2. The van der Waals surface area contributed by atoms with Gasteiger partial charge in [-0.25, -0.2) is 9.97 Å². The monoisotopic (exact) mass is 403 g/mol. The number of nitrogens with zero attached hydrogens (tertiary/aromatic N) is 2. The van der Waals surface area contributed by atoms with E-state index in [1.165, 1.54) is 7.11 Å². The molecule has 0 aliphatic heterocycles. The molecule has 0 unspecified atom stereocenters. The highest BCUT2D eigenvalue weighted by Crippen LogP contribution is 2.36. The Balaban J connectivity index is 2.04. The number of nitrogens with two attached hydrogens (primary N) is 1. The molecule has 144 valence electrons. The number of primary amides is 1. The number of halogens is 1.